The summed E-state index contributed by atoms with van der Waals surface area (Å²) in [6.07, 6.45) is 1.56. The third-order valence-electron chi connectivity index (χ3n) is 2.97. The fourth-order valence-corrected chi connectivity index (χ4v) is 3.11. The number of hydrogen-bond acceptors (Lipinski definition) is 4. The van der Waals surface area contributed by atoms with Crippen LogP contribution in [-0.2, 0) is 23.1 Å². The van der Waals surface area contributed by atoms with E-state index in [1.807, 2.05) is 0 Å². The number of aliphatic hydroxyl groups is 1. The average molecular weight is 271 g/mol. The van der Waals surface area contributed by atoms with Crippen molar-refractivity contribution in [2.75, 3.05) is 17.1 Å². The van der Waals surface area contributed by atoms with Gasteiger partial charge in [-0.05, 0) is 29.7 Å². The van der Waals surface area contributed by atoms with Crippen LogP contribution in [0.4, 0.5) is 5.69 Å². The zero-order valence-electron chi connectivity index (χ0n) is 9.75. The van der Waals surface area contributed by atoms with Gasteiger partial charge in [-0.15, -0.1) is 0 Å². The largest absolute Gasteiger partial charge is 0.478 e. The van der Waals surface area contributed by atoms with E-state index in [1.165, 1.54) is 16.4 Å². The maximum absolute atomic E-state index is 11.6. The summed E-state index contributed by atoms with van der Waals surface area (Å²) in [7, 11) is -3.42. The Morgan fingerprint density at radius 1 is 1.44 bits per heavy atom. The first kappa shape index (κ1) is 12.8. The molecule has 1 aromatic rings. The molecule has 0 aromatic heterocycles. The normalized spacial score (nSPS) is 14.7. The van der Waals surface area contributed by atoms with Crippen molar-refractivity contribution in [3.8, 4) is 0 Å². The van der Waals surface area contributed by atoms with Crippen molar-refractivity contribution in [3.05, 3.63) is 28.8 Å². The van der Waals surface area contributed by atoms with Gasteiger partial charge in [0.15, 0.2) is 0 Å². The molecule has 0 spiro atoms. The van der Waals surface area contributed by atoms with E-state index < -0.39 is 16.0 Å². The lowest BCUT2D eigenvalue weighted by Gasteiger charge is -2.17. The number of sulfonamides is 1. The summed E-state index contributed by atoms with van der Waals surface area (Å²) in [5.41, 5.74) is 1.51. The highest BCUT2D eigenvalue weighted by molar-refractivity contribution is 7.92. The smallest absolute Gasteiger partial charge is 0.335 e. The molecule has 1 aliphatic rings. The predicted molar refractivity (Wildman–Crippen MR) is 65.2 cm³/mol. The highest BCUT2D eigenvalue weighted by Crippen LogP contribution is 2.34. The summed E-state index contributed by atoms with van der Waals surface area (Å²) in [5, 5.41) is 18.2. The second-order valence-electron chi connectivity index (χ2n) is 4.18. The van der Waals surface area contributed by atoms with Gasteiger partial charge in [0.25, 0.3) is 0 Å². The Morgan fingerprint density at radius 3 is 2.61 bits per heavy atom. The number of carboxylic acid groups (broad SMARTS) is 1. The van der Waals surface area contributed by atoms with Crippen LogP contribution in [-0.4, -0.2) is 37.4 Å². The molecule has 18 heavy (non-hydrogen) atoms. The number of anilines is 1. The van der Waals surface area contributed by atoms with Crippen molar-refractivity contribution in [1.82, 2.24) is 0 Å². The summed E-state index contributed by atoms with van der Waals surface area (Å²) in [5.74, 6) is -1.15. The Bertz CT molecular complexity index is 608. The molecule has 0 atom stereocenters. The van der Waals surface area contributed by atoms with Crippen molar-refractivity contribution in [1.29, 1.82) is 0 Å². The van der Waals surface area contributed by atoms with E-state index in [-0.39, 0.29) is 18.7 Å². The van der Waals surface area contributed by atoms with Crippen molar-refractivity contribution < 1.29 is 23.4 Å². The number of benzene rings is 1. The van der Waals surface area contributed by atoms with Gasteiger partial charge in [-0.1, -0.05) is 0 Å². The highest BCUT2D eigenvalue weighted by atomic mass is 32.2. The average Bonchev–Trinajstić information content (AvgIpc) is 2.70. The number of nitrogens with zero attached hydrogens (tertiary/aromatic N) is 1. The van der Waals surface area contributed by atoms with Crippen LogP contribution in [0.5, 0.6) is 0 Å². The van der Waals surface area contributed by atoms with Gasteiger partial charge < -0.3 is 10.2 Å². The van der Waals surface area contributed by atoms with Gasteiger partial charge in [0.1, 0.15) is 0 Å². The molecule has 0 saturated heterocycles. The van der Waals surface area contributed by atoms with E-state index in [2.05, 4.69) is 0 Å². The molecule has 6 nitrogen and oxygen atoms in total. The Balaban J connectivity index is 2.64. The molecule has 0 amide bonds. The minimum atomic E-state index is -3.42. The lowest BCUT2D eigenvalue weighted by atomic mass is 10.0. The quantitative estimate of drug-likeness (QED) is 0.818. The molecule has 7 heteroatoms. The first-order valence-electron chi connectivity index (χ1n) is 5.32. The molecule has 98 valence electrons. The van der Waals surface area contributed by atoms with E-state index in [0.717, 1.165) is 6.26 Å². The van der Waals surface area contributed by atoms with Gasteiger partial charge in [0.05, 0.1) is 24.1 Å². The highest BCUT2D eigenvalue weighted by Gasteiger charge is 2.29. The molecular weight excluding hydrogens is 258 g/mol. The molecule has 0 bridgehead atoms. The Morgan fingerprint density at radius 2 is 2.11 bits per heavy atom. The molecule has 0 unspecified atom stereocenters. The Hall–Kier alpha value is -1.60. The maximum atomic E-state index is 11.6. The Kier molecular flexibility index (Phi) is 3.04. The van der Waals surface area contributed by atoms with E-state index >= 15 is 0 Å². The van der Waals surface area contributed by atoms with Crippen LogP contribution in [0.25, 0.3) is 0 Å². The van der Waals surface area contributed by atoms with Crippen LogP contribution in [0.2, 0.25) is 0 Å². The van der Waals surface area contributed by atoms with Crippen LogP contribution in [0.1, 0.15) is 21.5 Å². The van der Waals surface area contributed by atoms with Gasteiger partial charge in [0.2, 0.25) is 10.0 Å². The second kappa shape index (κ2) is 4.25. The molecule has 1 aliphatic heterocycles. The van der Waals surface area contributed by atoms with Crippen molar-refractivity contribution in [3.63, 3.8) is 0 Å². The van der Waals surface area contributed by atoms with Gasteiger partial charge >= 0.3 is 5.97 Å². The molecule has 1 heterocycles. The summed E-state index contributed by atoms with van der Waals surface area (Å²) in [4.78, 5) is 11.0. The lowest BCUT2D eigenvalue weighted by Crippen LogP contribution is -2.27. The molecule has 2 rings (SSSR count). The fraction of sp³-hybridized carbons (Fsp3) is 0.364. The van der Waals surface area contributed by atoms with Crippen molar-refractivity contribution >= 4 is 21.7 Å². The number of aliphatic hydroxyl groups excluding tert-OH is 1. The Labute approximate surface area is 105 Å². The summed E-state index contributed by atoms with van der Waals surface area (Å²) < 4.78 is 24.4. The third kappa shape index (κ3) is 2.06. The first-order chi connectivity index (χ1) is 8.34. The van der Waals surface area contributed by atoms with Crippen molar-refractivity contribution in [2.45, 2.75) is 13.0 Å². The minimum absolute atomic E-state index is 0.0200. The fourth-order valence-electron chi connectivity index (χ4n) is 2.17. The lowest BCUT2D eigenvalue weighted by molar-refractivity contribution is 0.0696. The van der Waals surface area contributed by atoms with Crippen molar-refractivity contribution in [2.24, 2.45) is 0 Å². The van der Waals surface area contributed by atoms with Gasteiger partial charge in [-0.25, -0.2) is 13.2 Å². The minimum Gasteiger partial charge on any atom is -0.478 e. The summed E-state index contributed by atoms with van der Waals surface area (Å²) in [6, 6.07) is 2.72. The number of fused-ring (bicyclic) bond motifs is 1. The van der Waals surface area contributed by atoms with E-state index in [1.54, 1.807) is 0 Å². The molecule has 0 fully saturated rings. The van der Waals surface area contributed by atoms with E-state index in [9.17, 15) is 18.3 Å². The monoisotopic (exact) mass is 271 g/mol. The second-order valence-corrected chi connectivity index (χ2v) is 6.09. The zero-order valence-corrected chi connectivity index (χ0v) is 10.6. The predicted octanol–water partition coefficient (Wildman–Crippen LogP) is 0.199. The summed E-state index contributed by atoms with van der Waals surface area (Å²) in [6.45, 7) is -0.0225. The van der Waals surface area contributed by atoms with Crippen LogP contribution in [0.15, 0.2) is 12.1 Å². The standard InChI is InChI=1S/C11H13NO5S/c1-18(16,17)12-3-2-9-8(6-13)4-7(11(14)15)5-10(9)12/h4-5,13H,2-3,6H2,1H3,(H,14,15). The van der Waals surface area contributed by atoms with Gasteiger partial charge in [0, 0.05) is 6.54 Å². The van der Waals surface area contributed by atoms with E-state index in [4.69, 9.17) is 5.11 Å². The number of carboxylic acids is 1. The van der Waals surface area contributed by atoms with Crippen LogP contribution in [0.3, 0.4) is 0 Å². The van der Waals surface area contributed by atoms with Crippen LogP contribution >= 0.6 is 0 Å². The van der Waals surface area contributed by atoms with E-state index in [0.29, 0.717) is 23.2 Å². The third-order valence-corrected chi connectivity index (χ3v) is 4.15. The number of carbonyl (C=O) groups is 1. The van der Waals surface area contributed by atoms with Crippen LogP contribution < -0.4 is 4.31 Å². The number of hydrogen-bond donors (Lipinski definition) is 2. The van der Waals surface area contributed by atoms with Gasteiger partial charge in [-0.3, -0.25) is 4.31 Å². The molecule has 0 radical (unpaired) electrons. The number of rotatable bonds is 3. The molecule has 0 aliphatic carbocycles. The molecule has 0 saturated carbocycles. The zero-order chi connectivity index (χ0) is 13.5. The molecule has 1 aromatic carbocycles. The van der Waals surface area contributed by atoms with Crippen LogP contribution in [0, 0.1) is 0 Å². The van der Waals surface area contributed by atoms with Gasteiger partial charge in [-0.2, -0.15) is 0 Å². The maximum Gasteiger partial charge on any atom is 0.335 e. The SMILES string of the molecule is CS(=O)(=O)N1CCc2c(CO)cc(C(=O)O)cc21. The topological polar surface area (TPSA) is 94.9 Å². The number of aromatic carboxylic acids is 1. The molecular formula is C11H13NO5S. The molecule has 2 N–H and O–H groups in total. The first-order valence-corrected chi connectivity index (χ1v) is 7.17. The summed E-state index contributed by atoms with van der Waals surface area (Å²) >= 11 is 0.